The maximum absolute atomic E-state index is 12.4. The van der Waals surface area contributed by atoms with Crippen molar-refractivity contribution >= 4 is 5.65 Å². The van der Waals surface area contributed by atoms with Gasteiger partial charge in [-0.1, -0.05) is 19.9 Å². The van der Waals surface area contributed by atoms with Crippen molar-refractivity contribution in [2.75, 3.05) is 6.54 Å². The second kappa shape index (κ2) is 7.19. The van der Waals surface area contributed by atoms with Gasteiger partial charge in [0, 0.05) is 50.7 Å². The molecule has 0 atom stereocenters. The van der Waals surface area contributed by atoms with Gasteiger partial charge in [-0.2, -0.15) is 5.10 Å². The van der Waals surface area contributed by atoms with Gasteiger partial charge in [0.2, 0.25) is 0 Å². The van der Waals surface area contributed by atoms with Crippen LogP contribution in [0, 0.1) is 12.8 Å². The average Bonchev–Trinajstić information content (AvgIpc) is 2.92. The fourth-order valence-electron chi connectivity index (χ4n) is 3.08. The molecule has 6 heteroatoms. The lowest BCUT2D eigenvalue weighted by Crippen LogP contribution is -2.28. The smallest absolute Gasteiger partial charge is 0.258 e. The van der Waals surface area contributed by atoms with Crippen molar-refractivity contribution in [1.82, 2.24) is 24.1 Å². The Labute approximate surface area is 147 Å². The first kappa shape index (κ1) is 17.4. The first-order valence-corrected chi connectivity index (χ1v) is 8.59. The molecule has 0 saturated heterocycles. The second-order valence-electron chi connectivity index (χ2n) is 7.11. The summed E-state index contributed by atoms with van der Waals surface area (Å²) in [6.45, 7) is 8.74. The normalized spacial score (nSPS) is 11.8. The summed E-state index contributed by atoms with van der Waals surface area (Å²) in [5.74, 6) is 0.529. The molecule has 0 aliphatic heterocycles. The summed E-state index contributed by atoms with van der Waals surface area (Å²) in [6.07, 6.45) is 5.74. The van der Waals surface area contributed by atoms with Crippen molar-refractivity contribution in [3.63, 3.8) is 0 Å². The molecule has 0 spiro atoms. The highest BCUT2D eigenvalue weighted by Crippen LogP contribution is 2.11. The maximum atomic E-state index is 12.4. The van der Waals surface area contributed by atoms with Crippen LogP contribution < -0.4 is 5.56 Å². The van der Waals surface area contributed by atoms with E-state index in [1.807, 2.05) is 49.4 Å². The Morgan fingerprint density at radius 2 is 2.00 bits per heavy atom. The monoisotopic (exact) mass is 339 g/mol. The molecule has 0 aromatic carbocycles. The molecule has 3 rings (SSSR count). The number of fused-ring (bicyclic) bond motifs is 1. The van der Waals surface area contributed by atoms with E-state index in [4.69, 9.17) is 0 Å². The van der Waals surface area contributed by atoms with Crippen LogP contribution >= 0.6 is 0 Å². The summed E-state index contributed by atoms with van der Waals surface area (Å²) in [7, 11) is 1.92. The third kappa shape index (κ3) is 4.33. The van der Waals surface area contributed by atoms with E-state index < -0.39 is 0 Å². The molecule has 132 valence electrons. The Kier molecular flexibility index (Phi) is 4.99. The fraction of sp³-hybridized carbons (Fsp3) is 0.421. The van der Waals surface area contributed by atoms with Gasteiger partial charge in [0.15, 0.2) is 0 Å². The van der Waals surface area contributed by atoms with Gasteiger partial charge >= 0.3 is 0 Å². The Morgan fingerprint density at radius 1 is 1.20 bits per heavy atom. The molecule has 25 heavy (non-hydrogen) atoms. The van der Waals surface area contributed by atoms with Gasteiger partial charge in [-0.05, 0) is 24.5 Å². The molecule has 0 unspecified atom stereocenters. The zero-order chi connectivity index (χ0) is 18.0. The van der Waals surface area contributed by atoms with Gasteiger partial charge in [0.05, 0.1) is 11.9 Å². The number of pyridine rings is 1. The molecule has 0 saturated carbocycles. The standard InChI is InChI=1S/C19H25N5O/c1-14(2)9-23(12-16-8-20-22(4)11-16)13-17-7-19(25)24-10-15(3)5-6-18(24)21-17/h5-8,10-11,14H,9,12-13H2,1-4H3. The molecular weight excluding hydrogens is 314 g/mol. The molecule has 6 nitrogen and oxygen atoms in total. The van der Waals surface area contributed by atoms with E-state index >= 15 is 0 Å². The molecule has 0 N–H and O–H groups in total. The largest absolute Gasteiger partial charge is 0.293 e. The average molecular weight is 339 g/mol. The van der Waals surface area contributed by atoms with Gasteiger partial charge in [-0.25, -0.2) is 4.98 Å². The van der Waals surface area contributed by atoms with Crippen LogP contribution in [-0.4, -0.2) is 30.6 Å². The SMILES string of the molecule is Cc1ccc2nc(CN(Cc3cnn(C)c3)CC(C)C)cc(=O)n2c1. The zero-order valence-electron chi connectivity index (χ0n) is 15.3. The Balaban J connectivity index is 1.86. The number of rotatable bonds is 6. The molecule has 0 fully saturated rings. The molecule has 3 heterocycles. The van der Waals surface area contributed by atoms with Crippen molar-refractivity contribution in [3.05, 3.63) is 64.0 Å². The molecule has 0 radical (unpaired) electrons. The van der Waals surface area contributed by atoms with Crippen LogP contribution in [0.2, 0.25) is 0 Å². The minimum Gasteiger partial charge on any atom is -0.293 e. The third-order valence-electron chi connectivity index (χ3n) is 4.03. The van der Waals surface area contributed by atoms with E-state index in [0.29, 0.717) is 18.1 Å². The summed E-state index contributed by atoms with van der Waals surface area (Å²) < 4.78 is 3.42. The first-order chi connectivity index (χ1) is 11.9. The fourth-order valence-corrected chi connectivity index (χ4v) is 3.08. The first-order valence-electron chi connectivity index (χ1n) is 8.59. The van der Waals surface area contributed by atoms with E-state index in [9.17, 15) is 4.79 Å². The van der Waals surface area contributed by atoms with Crippen LogP contribution in [0.1, 0.15) is 30.7 Å². The van der Waals surface area contributed by atoms with E-state index in [1.165, 1.54) is 0 Å². The topological polar surface area (TPSA) is 55.4 Å². The molecule has 0 amide bonds. The Bertz CT molecular complexity index is 925. The molecule has 3 aromatic rings. The number of hydrogen-bond donors (Lipinski definition) is 0. The number of aromatic nitrogens is 4. The highest BCUT2D eigenvalue weighted by atomic mass is 16.1. The number of nitrogens with zero attached hydrogens (tertiary/aromatic N) is 5. The maximum Gasteiger partial charge on any atom is 0.258 e. The lowest BCUT2D eigenvalue weighted by Gasteiger charge is -2.23. The molecule has 0 aliphatic rings. The molecule has 0 aliphatic carbocycles. The van der Waals surface area contributed by atoms with Crippen molar-refractivity contribution in [2.24, 2.45) is 13.0 Å². The van der Waals surface area contributed by atoms with Crippen LogP contribution in [-0.2, 0) is 20.1 Å². The predicted molar refractivity (Wildman–Crippen MR) is 98.4 cm³/mol. The van der Waals surface area contributed by atoms with Gasteiger partial charge < -0.3 is 0 Å². The zero-order valence-corrected chi connectivity index (χ0v) is 15.3. The van der Waals surface area contributed by atoms with Gasteiger partial charge in [-0.3, -0.25) is 18.8 Å². The van der Waals surface area contributed by atoms with Crippen LogP contribution in [0.4, 0.5) is 0 Å². The van der Waals surface area contributed by atoms with E-state index in [-0.39, 0.29) is 5.56 Å². The molecular formula is C19H25N5O. The van der Waals surface area contributed by atoms with E-state index in [2.05, 4.69) is 28.8 Å². The summed E-state index contributed by atoms with van der Waals surface area (Å²) >= 11 is 0. The highest BCUT2D eigenvalue weighted by molar-refractivity contribution is 5.39. The van der Waals surface area contributed by atoms with Crippen molar-refractivity contribution < 1.29 is 0 Å². The molecule has 3 aromatic heterocycles. The lowest BCUT2D eigenvalue weighted by molar-refractivity contribution is 0.225. The number of aryl methyl sites for hydroxylation is 2. The van der Waals surface area contributed by atoms with Gasteiger partial charge in [0.1, 0.15) is 5.65 Å². The van der Waals surface area contributed by atoms with Crippen molar-refractivity contribution in [3.8, 4) is 0 Å². The van der Waals surface area contributed by atoms with Crippen LogP contribution in [0.25, 0.3) is 5.65 Å². The summed E-state index contributed by atoms with van der Waals surface area (Å²) in [5.41, 5.74) is 3.67. The van der Waals surface area contributed by atoms with Gasteiger partial charge in [0.25, 0.3) is 5.56 Å². The Morgan fingerprint density at radius 3 is 2.68 bits per heavy atom. The van der Waals surface area contributed by atoms with Crippen molar-refractivity contribution in [2.45, 2.75) is 33.9 Å². The lowest BCUT2D eigenvalue weighted by atomic mass is 10.2. The van der Waals surface area contributed by atoms with Crippen LogP contribution in [0.3, 0.4) is 0 Å². The third-order valence-corrected chi connectivity index (χ3v) is 4.03. The highest BCUT2D eigenvalue weighted by Gasteiger charge is 2.12. The predicted octanol–water partition coefficient (Wildman–Crippen LogP) is 2.39. The summed E-state index contributed by atoms with van der Waals surface area (Å²) in [5, 5.41) is 4.24. The van der Waals surface area contributed by atoms with E-state index in [0.717, 1.165) is 29.9 Å². The van der Waals surface area contributed by atoms with Gasteiger partial charge in [-0.15, -0.1) is 0 Å². The minimum absolute atomic E-state index is 0.0328. The molecule has 0 bridgehead atoms. The summed E-state index contributed by atoms with van der Waals surface area (Å²) in [4.78, 5) is 19.4. The Hall–Kier alpha value is -2.47. The number of hydrogen-bond acceptors (Lipinski definition) is 4. The minimum atomic E-state index is -0.0328. The van der Waals surface area contributed by atoms with Crippen LogP contribution in [0.15, 0.2) is 41.6 Å². The van der Waals surface area contributed by atoms with E-state index in [1.54, 1.807) is 10.5 Å². The summed E-state index contributed by atoms with van der Waals surface area (Å²) in [6, 6.07) is 5.52. The van der Waals surface area contributed by atoms with Crippen LogP contribution in [0.5, 0.6) is 0 Å². The van der Waals surface area contributed by atoms with Crippen molar-refractivity contribution in [1.29, 1.82) is 0 Å². The second-order valence-corrected chi connectivity index (χ2v) is 7.11. The quantitative estimate of drug-likeness (QED) is 0.692.